The molecule has 3 fully saturated rings. The third kappa shape index (κ3) is 3.08. The SMILES string of the molecule is C1CCC([C]2CCC(C3CCCCO3)CC2)OC1. The van der Waals surface area contributed by atoms with Crippen LogP contribution in [0.1, 0.15) is 64.2 Å². The number of hydrogen-bond donors (Lipinski definition) is 0. The molecule has 2 saturated heterocycles. The van der Waals surface area contributed by atoms with Crippen LogP contribution < -0.4 is 0 Å². The molecule has 0 amide bonds. The van der Waals surface area contributed by atoms with Crippen molar-refractivity contribution in [1.29, 1.82) is 0 Å². The van der Waals surface area contributed by atoms with Crippen molar-refractivity contribution in [1.82, 2.24) is 0 Å². The molecule has 1 aliphatic carbocycles. The summed E-state index contributed by atoms with van der Waals surface area (Å²) in [5.41, 5.74) is 0. The molecule has 2 aliphatic heterocycles. The molecule has 0 N–H and O–H groups in total. The molecule has 18 heavy (non-hydrogen) atoms. The number of hydrogen-bond acceptors (Lipinski definition) is 2. The Morgan fingerprint density at radius 1 is 0.722 bits per heavy atom. The van der Waals surface area contributed by atoms with Gasteiger partial charge in [-0.1, -0.05) is 0 Å². The van der Waals surface area contributed by atoms with Gasteiger partial charge in [-0.15, -0.1) is 0 Å². The topological polar surface area (TPSA) is 18.5 Å². The van der Waals surface area contributed by atoms with Crippen LogP contribution in [0.2, 0.25) is 0 Å². The largest absolute Gasteiger partial charge is 0.378 e. The molecule has 2 atom stereocenters. The molecule has 2 unspecified atom stereocenters. The van der Waals surface area contributed by atoms with E-state index in [2.05, 4.69) is 0 Å². The van der Waals surface area contributed by atoms with Crippen molar-refractivity contribution in [3.63, 3.8) is 0 Å². The fourth-order valence-electron chi connectivity index (χ4n) is 3.90. The Morgan fingerprint density at radius 2 is 1.44 bits per heavy atom. The maximum absolute atomic E-state index is 5.96. The van der Waals surface area contributed by atoms with Crippen LogP contribution in [-0.4, -0.2) is 25.4 Å². The standard InChI is InChI=1S/C16H27O2/c1-3-11-17-15(5-1)13-7-9-14(10-8-13)16-6-2-4-12-18-16/h13,15-16H,1-12H2. The van der Waals surface area contributed by atoms with Gasteiger partial charge in [0.2, 0.25) is 0 Å². The first-order valence-electron chi connectivity index (χ1n) is 8.01. The first-order chi connectivity index (χ1) is 8.93. The van der Waals surface area contributed by atoms with Gasteiger partial charge in [0, 0.05) is 19.1 Å². The molecule has 0 bridgehead atoms. The van der Waals surface area contributed by atoms with E-state index in [4.69, 9.17) is 9.47 Å². The zero-order valence-corrected chi connectivity index (χ0v) is 11.5. The molecule has 3 aliphatic rings. The van der Waals surface area contributed by atoms with Gasteiger partial charge in [-0.05, 0) is 70.1 Å². The second-order valence-corrected chi connectivity index (χ2v) is 6.26. The van der Waals surface area contributed by atoms with Crippen LogP contribution in [-0.2, 0) is 9.47 Å². The molecule has 2 nitrogen and oxygen atoms in total. The molecular formula is C16H27O2. The summed E-state index contributed by atoms with van der Waals surface area (Å²) < 4.78 is 11.9. The second kappa shape index (κ2) is 6.38. The first-order valence-corrected chi connectivity index (χ1v) is 8.01. The lowest BCUT2D eigenvalue weighted by atomic mass is 9.75. The van der Waals surface area contributed by atoms with Gasteiger partial charge >= 0.3 is 0 Å². The van der Waals surface area contributed by atoms with Gasteiger partial charge in [-0.2, -0.15) is 0 Å². The smallest absolute Gasteiger partial charge is 0.0637 e. The van der Waals surface area contributed by atoms with Crippen LogP contribution in [0, 0.1) is 11.8 Å². The summed E-state index contributed by atoms with van der Waals surface area (Å²) in [6, 6.07) is 0. The van der Waals surface area contributed by atoms with E-state index in [9.17, 15) is 0 Å². The summed E-state index contributed by atoms with van der Waals surface area (Å²) in [6.07, 6.45) is 14.2. The zero-order valence-electron chi connectivity index (χ0n) is 11.5. The van der Waals surface area contributed by atoms with Gasteiger partial charge in [-0.25, -0.2) is 0 Å². The Bertz CT molecular complexity index is 207. The number of ether oxygens (including phenoxy) is 2. The van der Waals surface area contributed by atoms with E-state index in [-0.39, 0.29) is 0 Å². The highest BCUT2D eigenvalue weighted by atomic mass is 16.5. The van der Waals surface area contributed by atoms with Crippen LogP contribution in [0.15, 0.2) is 0 Å². The molecule has 1 saturated carbocycles. The molecule has 3 rings (SSSR count). The minimum absolute atomic E-state index is 0.506. The molecule has 0 spiro atoms. The lowest BCUT2D eigenvalue weighted by Gasteiger charge is -2.38. The highest BCUT2D eigenvalue weighted by Gasteiger charge is 2.33. The molecule has 0 aromatic carbocycles. The Morgan fingerprint density at radius 3 is 2.06 bits per heavy atom. The van der Waals surface area contributed by atoms with Gasteiger partial charge < -0.3 is 9.47 Å². The summed E-state index contributed by atoms with van der Waals surface area (Å²) >= 11 is 0. The Labute approximate surface area is 111 Å². The second-order valence-electron chi connectivity index (χ2n) is 6.26. The van der Waals surface area contributed by atoms with E-state index in [0.717, 1.165) is 19.1 Å². The fourth-order valence-corrected chi connectivity index (χ4v) is 3.90. The quantitative estimate of drug-likeness (QED) is 0.741. The summed E-state index contributed by atoms with van der Waals surface area (Å²) in [5.74, 6) is 2.54. The Balaban J connectivity index is 1.45. The van der Waals surface area contributed by atoms with E-state index in [1.165, 1.54) is 64.2 Å². The summed E-state index contributed by atoms with van der Waals surface area (Å²) in [4.78, 5) is 0. The van der Waals surface area contributed by atoms with E-state index >= 15 is 0 Å². The van der Waals surface area contributed by atoms with Crippen LogP contribution in [0.25, 0.3) is 0 Å². The first kappa shape index (κ1) is 12.9. The number of rotatable bonds is 2. The van der Waals surface area contributed by atoms with Gasteiger partial charge in [0.25, 0.3) is 0 Å². The van der Waals surface area contributed by atoms with Gasteiger partial charge in [0.1, 0.15) is 0 Å². The van der Waals surface area contributed by atoms with Gasteiger partial charge in [-0.3, -0.25) is 0 Å². The van der Waals surface area contributed by atoms with E-state index < -0.39 is 0 Å². The molecule has 2 heterocycles. The lowest BCUT2D eigenvalue weighted by molar-refractivity contribution is -0.0358. The van der Waals surface area contributed by atoms with Crippen molar-refractivity contribution in [2.75, 3.05) is 13.2 Å². The minimum Gasteiger partial charge on any atom is -0.378 e. The van der Waals surface area contributed by atoms with Gasteiger partial charge in [0.15, 0.2) is 0 Å². The minimum atomic E-state index is 0.506. The monoisotopic (exact) mass is 251 g/mol. The average molecular weight is 251 g/mol. The predicted molar refractivity (Wildman–Crippen MR) is 72.4 cm³/mol. The molecule has 103 valence electrons. The highest BCUT2D eigenvalue weighted by molar-refractivity contribution is 5.03. The molecule has 0 aromatic heterocycles. The van der Waals surface area contributed by atoms with Crippen molar-refractivity contribution in [3.05, 3.63) is 5.92 Å². The summed E-state index contributed by atoms with van der Waals surface area (Å²) in [7, 11) is 0. The van der Waals surface area contributed by atoms with Crippen molar-refractivity contribution in [3.8, 4) is 0 Å². The van der Waals surface area contributed by atoms with Crippen molar-refractivity contribution < 1.29 is 9.47 Å². The normalized spacial score (nSPS) is 36.7. The van der Waals surface area contributed by atoms with Crippen LogP contribution >= 0.6 is 0 Å². The zero-order chi connectivity index (χ0) is 12.2. The third-order valence-electron chi connectivity index (χ3n) is 5.05. The third-order valence-corrected chi connectivity index (χ3v) is 5.05. The summed E-state index contributed by atoms with van der Waals surface area (Å²) in [6.45, 7) is 1.99. The van der Waals surface area contributed by atoms with Crippen LogP contribution in [0.3, 0.4) is 0 Å². The Hall–Kier alpha value is -0.0800. The van der Waals surface area contributed by atoms with Crippen LogP contribution in [0.5, 0.6) is 0 Å². The molecule has 1 radical (unpaired) electrons. The molecule has 2 heteroatoms. The van der Waals surface area contributed by atoms with Crippen LogP contribution in [0.4, 0.5) is 0 Å². The maximum atomic E-state index is 5.96. The molecular weight excluding hydrogens is 224 g/mol. The molecule has 0 aromatic rings. The lowest BCUT2D eigenvalue weighted by Crippen LogP contribution is -2.34. The van der Waals surface area contributed by atoms with E-state index in [1.54, 1.807) is 5.92 Å². The van der Waals surface area contributed by atoms with Crippen molar-refractivity contribution in [2.45, 2.75) is 76.4 Å². The highest BCUT2D eigenvalue weighted by Crippen LogP contribution is 2.39. The van der Waals surface area contributed by atoms with Crippen molar-refractivity contribution >= 4 is 0 Å². The van der Waals surface area contributed by atoms with E-state index in [1.807, 2.05) is 0 Å². The fraction of sp³-hybridized carbons (Fsp3) is 0.938. The maximum Gasteiger partial charge on any atom is 0.0637 e. The van der Waals surface area contributed by atoms with Gasteiger partial charge in [0.05, 0.1) is 12.2 Å². The van der Waals surface area contributed by atoms with Crippen molar-refractivity contribution in [2.24, 2.45) is 5.92 Å². The summed E-state index contributed by atoms with van der Waals surface area (Å²) in [5, 5.41) is 0. The predicted octanol–water partition coefficient (Wildman–Crippen LogP) is 3.89. The average Bonchev–Trinajstić information content (AvgIpc) is 2.49. The Kier molecular flexibility index (Phi) is 4.58. The van der Waals surface area contributed by atoms with E-state index in [0.29, 0.717) is 12.2 Å².